The van der Waals surface area contributed by atoms with Gasteiger partial charge in [-0.15, -0.1) is 0 Å². The third-order valence-electron chi connectivity index (χ3n) is 6.01. The lowest BCUT2D eigenvalue weighted by Gasteiger charge is -2.50. The van der Waals surface area contributed by atoms with Crippen molar-refractivity contribution in [3.05, 3.63) is 72.0 Å². The Kier molecular flexibility index (Phi) is 17.0. The number of nitrogens with one attached hydrogen (secondary N) is 1. The van der Waals surface area contributed by atoms with Gasteiger partial charge in [-0.3, -0.25) is 4.79 Å². The number of carbonyl (C=O) groups excluding carboxylic acids is 1. The summed E-state index contributed by atoms with van der Waals surface area (Å²) in [5.41, 5.74) is 2.63. The number of ether oxygens (including phenoxy) is 1. The van der Waals surface area contributed by atoms with E-state index in [1.54, 1.807) is 13.0 Å². The minimum absolute atomic E-state index is 0.0519. The number of carbonyl (C=O) groups is 1. The van der Waals surface area contributed by atoms with E-state index >= 15 is 0 Å². The van der Waals surface area contributed by atoms with Gasteiger partial charge in [-0.2, -0.15) is 0 Å². The van der Waals surface area contributed by atoms with Crippen LogP contribution in [0.15, 0.2) is 60.9 Å². The maximum Gasteiger partial charge on any atom is 0.159 e. The Hall–Kier alpha value is -2.21. The minimum Gasteiger partial charge on any atom is -0.509 e. The predicted octanol–water partition coefficient (Wildman–Crippen LogP) is 6.68. The molecular formula is C30H50N2O3. The average molecular weight is 487 g/mol. The molecule has 2 fully saturated rings. The van der Waals surface area contributed by atoms with Crippen LogP contribution in [0.4, 0.5) is 0 Å². The highest BCUT2D eigenvalue weighted by molar-refractivity contribution is 5.94. The molecule has 1 aromatic carbocycles. The highest BCUT2D eigenvalue weighted by Crippen LogP contribution is 2.46. The van der Waals surface area contributed by atoms with E-state index in [1.165, 1.54) is 0 Å². The van der Waals surface area contributed by atoms with Gasteiger partial charge in [-0.05, 0) is 64.4 Å². The summed E-state index contributed by atoms with van der Waals surface area (Å²) in [5, 5.41) is 11.9. The van der Waals surface area contributed by atoms with Gasteiger partial charge >= 0.3 is 0 Å². The third kappa shape index (κ3) is 10.5. The summed E-state index contributed by atoms with van der Waals surface area (Å²) in [6.45, 7) is 20.8. The number of rotatable bonds is 7. The summed E-state index contributed by atoms with van der Waals surface area (Å²) in [6.07, 6.45) is 7.44. The fourth-order valence-electron chi connectivity index (χ4n) is 4.44. The number of ketones is 1. The molecule has 5 nitrogen and oxygen atoms in total. The Labute approximate surface area is 215 Å². The maximum absolute atomic E-state index is 11.9. The second-order valence-corrected chi connectivity index (χ2v) is 8.50. The zero-order valence-electron chi connectivity index (χ0n) is 23.3. The minimum atomic E-state index is -0.272. The van der Waals surface area contributed by atoms with E-state index in [-0.39, 0.29) is 17.1 Å². The number of benzene rings is 1. The number of allylic oxidation sites excluding steroid dienone is 2. The summed E-state index contributed by atoms with van der Waals surface area (Å²) in [6, 6.07) is 8.02. The fraction of sp³-hybridized carbons (Fsp3) is 0.567. The molecule has 1 aromatic rings. The van der Waals surface area contributed by atoms with Crippen LogP contribution in [0.1, 0.15) is 76.2 Å². The zero-order chi connectivity index (χ0) is 26.9. The van der Waals surface area contributed by atoms with Gasteiger partial charge in [-0.1, -0.05) is 70.7 Å². The van der Waals surface area contributed by atoms with Crippen molar-refractivity contribution in [2.24, 2.45) is 5.92 Å². The molecule has 0 radical (unpaired) electrons. The normalized spacial score (nSPS) is 21.2. The summed E-state index contributed by atoms with van der Waals surface area (Å²) in [4.78, 5) is 14.3. The number of aliphatic hydroxyl groups is 1. The van der Waals surface area contributed by atoms with Crippen LogP contribution in [0, 0.1) is 5.92 Å². The van der Waals surface area contributed by atoms with E-state index in [9.17, 15) is 9.90 Å². The van der Waals surface area contributed by atoms with Crippen LogP contribution in [0.5, 0.6) is 0 Å². The van der Waals surface area contributed by atoms with Crippen LogP contribution in [-0.2, 0) is 10.3 Å². The van der Waals surface area contributed by atoms with Crippen molar-refractivity contribution in [2.45, 2.75) is 65.9 Å². The molecule has 5 heteroatoms. The molecule has 35 heavy (non-hydrogen) atoms. The topological polar surface area (TPSA) is 61.8 Å². The maximum atomic E-state index is 11.9. The van der Waals surface area contributed by atoms with Gasteiger partial charge in [0.1, 0.15) is 5.76 Å². The van der Waals surface area contributed by atoms with Crippen molar-refractivity contribution in [2.75, 3.05) is 40.3 Å². The first-order valence-electron chi connectivity index (χ1n) is 13.1. The molecule has 0 aromatic heterocycles. The first kappa shape index (κ1) is 32.8. The second-order valence-electron chi connectivity index (χ2n) is 8.50. The number of Topliss-reactive ketones (excluding diaryl/α,β-unsaturated/α-hetero) is 1. The molecule has 2 N–H and O–H groups in total. The highest BCUT2D eigenvalue weighted by Gasteiger charge is 2.46. The smallest absolute Gasteiger partial charge is 0.159 e. The highest BCUT2D eigenvalue weighted by atomic mass is 16.5. The molecule has 0 saturated carbocycles. The quantitative estimate of drug-likeness (QED) is 0.256. The van der Waals surface area contributed by atoms with Crippen LogP contribution in [0.3, 0.4) is 0 Å². The number of aliphatic hydroxyl groups excluding tert-OH is 1. The first-order valence-corrected chi connectivity index (χ1v) is 13.1. The largest absolute Gasteiger partial charge is 0.509 e. The summed E-state index contributed by atoms with van der Waals surface area (Å²) in [7, 11) is 3.75. The van der Waals surface area contributed by atoms with E-state index in [0.717, 1.165) is 68.6 Å². The lowest BCUT2D eigenvalue weighted by Crippen LogP contribution is -2.53. The fourth-order valence-corrected chi connectivity index (χ4v) is 4.44. The summed E-state index contributed by atoms with van der Waals surface area (Å²) >= 11 is 0. The first-order chi connectivity index (χ1) is 16.8. The van der Waals surface area contributed by atoms with E-state index < -0.39 is 0 Å². The predicted molar refractivity (Wildman–Crippen MR) is 150 cm³/mol. The SMILES string of the molecule is C=C(O)/C=C\C(=C)CCN1CCC2(c3cccc(C(C)=O)c3)OCCCC2C1.CC.CC.CNC. The van der Waals surface area contributed by atoms with Gasteiger partial charge in [0.2, 0.25) is 0 Å². The van der Waals surface area contributed by atoms with Gasteiger partial charge < -0.3 is 20.1 Å². The average Bonchev–Trinajstić information content (AvgIpc) is 2.89. The summed E-state index contributed by atoms with van der Waals surface area (Å²) < 4.78 is 6.42. The molecule has 2 aliphatic rings. The molecule has 0 bridgehead atoms. The van der Waals surface area contributed by atoms with Gasteiger partial charge in [0.25, 0.3) is 0 Å². The van der Waals surface area contributed by atoms with Gasteiger partial charge in [0.05, 0.1) is 5.60 Å². The molecule has 2 unspecified atom stereocenters. The lowest BCUT2D eigenvalue weighted by molar-refractivity contribution is -0.158. The number of piperidine rings is 1. The molecule has 0 amide bonds. The van der Waals surface area contributed by atoms with Crippen molar-refractivity contribution in [3.8, 4) is 0 Å². The van der Waals surface area contributed by atoms with Gasteiger partial charge in [-0.25, -0.2) is 0 Å². The van der Waals surface area contributed by atoms with Crippen molar-refractivity contribution >= 4 is 5.78 Å². The van der Waals surface area contributed by atoms with Crippen LogP contribution in [0.25, 0.3) is 0 Å². The molecular weight excluding hydrogens is 436 g/mol. The summed E-state index contributed by atoms with van der Waals surface area (Å²) in [5.74, 6) is 0.578. The number of hydrogen-bond donors (Lipinski definition) is 2. The Morgan fingerprint density at radius 1 is 1.23 bits per heavy atom. The Morgan fingerprint density at radius 3 is 2.49 bits per heavy atom. The van der Waals surface area contributed by atoms with E-state index in [1.807, 2.05) is 66.1 Å². The molecule has 2 aliphatic heterocycles. The molecule has 2 atom stereocenters. The standard InChI is InChI=1S/C24H31NO3.C2H7N.2C2H6/c1-18(9-10-19(2)26)11-13-25-14-12-24(23(17-25)8-5-15-28-24)22-7-4-6-21(16-22)20(3)27;1-3-2;2*1-2/h4,6-7,9-10,16,23,26H,1-2,5,8,11-15,17H2,3H3;3H,1-2H3;2*1-2H3/b10-9-;;;. The number of fused-ring (bicyclic) bond motifs is 1. The lowest BCUT2D eigenvalue weighted by atomic mass is 9.72. The van der Waals surface area contributed by atoms with E-state index in [0.29, 0.717) is 5.92 Å². The Morgan fingerprint density at radius 2 is 1.89 bits per heavy atom. The monoisotopic (exact) mass is 486 g/mol. The van der Waals surface area contributed by atoms with Gasteiger partial charge in [0.15, 0.2) is 5.78 Å². The van der Waals surface area contributed by atoms with Crippen molar-refractivity contribution in [1.29, 1.82) is 0 Å². The van der Waals surface area contributed by atoms with Crippen LogP contribution < -0.4 is 5.32 Å². The second kappa shape index (κ2) is 18.1. The van der Waals surface area contributed by atoms with E-state index in [4.69, 9.17) is 4.74 Å². The molecule has 198 valence electrons. The molecule has 0 spiro atoms. The zero-order valence-corrected chi connectivity index (χ0v) is 23.3. The van der Waals surface area contributed by atoms with Crippen molar-refractivity contribution < 1.29 is 14.6 Å². The van der Waals surface area contributed by atoms with Crippen LogP contribution >= 0.6 is 0 Å². The number of nitrogens with zero attached hydrogens (tertiary/aromatic N) is 1. The van der Waals surface area contributed by atoms with Crippen molar-refractivity contribution in [3.63, 3.8) is 0 Å². The third-order valence-corrected chi connectivity index (χ3v) is 6.01. The number of hydrogen-bond acceptors (Lipinski definition) is 5. The van der Waals surface area contributed by atoms with Crippen molar-refractivity contribution in [1.82, 2.24) is 10.2 Å². The van der Waals surface area contributed by atoms with E-state index in [2.05, 4.69) is 29.4 Å². The molecule has 3 rings (SSSR count). The molecule has 2 heterocycles. The van der Waals surface area contributed by atoms with Gasteiger partial charge in [0, 0.05) is 37.7 Å². The van der Waals surface area contributed by atoms with Crippen LogP contribution in [0.2, 0.25) is 0 Å². The Bertz CT molecular complexity index is 803. The molecule has 2 saturated heterocycles. The molecule has 0 aliphatic carbocycles. The number of likely N-dealkylation sites (tertiary alicyclic amines) is 1. The van der Waals surface area contributed by atoms with Crippen LogP contribution in [-0.4, -0.2) is 56.1 Å². The Balaban J connectivity index is 0.00000150.